The van der Waals surface area contributed by atoms with Gasteiger partial charge in [-0.2, -0.15) is 5.10 Å². The Balaban J connectivity index is 1.66. The molecule has 0 spiro atoms. The molecule has 0 saturated carbocycles. The van der Waals surface area contributed by atoms with E-state index in [2.05, 4.69) is 38.5 Å². The lowest BCUT2D eigenvalue weighted by Crippen LogP contribution is -2.40. The number of carbonyl (C=O) groups excluding carboxylic acids is 1. The third-order valence-electron chi connectivity index (χ3n) is 4.21. The molecule has 0 aliphatic heterocycles. The molecule has 2 heterocycles. The lowest BCUT2D eigenvalue weighted by atomic mass is 10.1. The van der Waals surface area contributed by atoms with Crippen LogP contribution in [0.5, 0.6) is 0 Å². The maximum absolute atomic E-state index is 12.6. The van der Waals surface area contributed by atoms with E-state index in [0.717, 1.165) is 27.9 Å². The number of halogens is 1. The molecule has 1 atom stereocenters. The number of benzene rings is 1. The van der Waals surface area contributed by atoms with Gasteiger partial charge >= 0.3 is 0 Å². The Morgan fingerprint density at radius 1 is 1.35 bits per heavy atom. The number of thiophene rings is 1. The molecule has 7 heteroatoms. The van der Waals surface area contributed by atoms with E-state index in [9.17, 15) is 4.79 Å². The summed E-state index contributed by atoms with van der Waals surface area (Å²) in [5.74, 6) is -0.0902. The second kappa shape index (κ2) is 8.62. The number of carbonyl (C=O) groups is 1. The molecule has 26 heavy (non-hydrogen) atoms. The van der Waals surface area contributed by atoms with Gasteiger partial charge < -0.3 is 11.1 Å². The van der Waals surface area contributed by atoms with E-state index in [4.69, 9.17) is 5.73 Å². The van der Waals surface area contributed by atoms with Crippen molar-refractivity contribution in [3.63, 3.8) is 0 Å². The second-order valence-electron chi connectivity index (χ2n) is 6.06. The van der Waals surface area contributed by atoms with Crippen molar-refractivity contribution in [1.29, 1.82) is 0 Å². The van der Waals surface area contributed by atoms with Crippen LogP contribution in [-0.2, 0) is 13.5 Å². The van der Waals surface area contributed by atoms with Crippen LogP contribution in [0.25, 0.3) is 10.6 Å². The Morgan fingerprint density at radius 2 is 2.12 bits per heavy atom. The van der Waals surface area contributed by atoms with E-state index in [1.807, 2.05) is 37.4 Å². The molecule has 1 aromatic carbocycles. The summed E-state index contributed by atoms with van der Waals surface area (Å²) >= 11 is 5.00. The lowest BCUT2D eigenvalue weighted by molar-refractivity contribution is 0.0940. The molecule has 136 valence electrons. The minimum absolute atomic E-state index is 0.0521. The Hall–Kier alpha value is -1.96. The fourth-order valence-electron chi connectivity index (χ4n) is 2.74. The first-order valence-corrected chi connectivity index (χ1v) is 10.0. The summed E-state index contributed by atoms with van der Waals surface area (Å²) in [6.07, 6.45) is 3.44. The van der Waals surface area contributed by atoms with Crippen molar-refractivity contribution in [3.05, 3.63) is 63.6 Å². The topological polar surface area (TPSA) is 72.9 Å². The maximum atomic E-state index is 12.6. The van der Waals surface area contributed by atoms with Crippen molar-refractivity contribution in [1.82, 2.24) is 15.1 Å². The van der Waals surface area contributed by atoms with Crippen molar-refractivity contribution >= 4 is 33.2 Å². The number of nitrogens with one attached hydrogen (secondary N) is 1. The van der Waals surface area contributed by atoms with Crippen molar-refractivity contribution in [3.8, 4) is 10.6 Å². The molecule has 0 aliphatic rings. The number of aryl methyl sites for hydroxylation is 2. The van der Waals surface area contributed by atoms with Crippen LogP contribution in [0.2, 0.25) is 0 Å². The summed E-state index contributed by atoms with van der Waals surface area (Å²) in [4.78, 5) is 14.3. The highest BCUT2D eigenvalue weighted by Crippen LogP contribution is 2.36. The first-order chi connectivity index (χ1) is 12.6. The van der Waals surface area contributed by atoms with Gasteiger partial charge in [0.25, 0.3) is 5.91 Å². The molecule has 0 saturated heterocycles. The van der Waals surface area contributed by atoms with Crippen LogP contribution in [-0.4, -0.2) is 28.3 Å². The molecule has 0 bridgehead atoms. The van der Waals surface area contributed by atoms with Crippen LogP contribution >= 0.6 is 27.3 Å². The number of rotatable bonds is 7. The van der Waals surface area contributed by atoms with Crippen molar-refractivity contribution in [2.75, 3.05) is 6.54 Å². The van der Waals surface area contributed by atoms with Crippen LogP contribution < -0.4 is 11.1 Å². The van der Waals surface area contributed by atoms with Crippen LogP contribution in [0, 0.1) is 0 Å². The van der Waals surface area contributed by atoms with E-state index in [0.29, 0.717) is 11.4 Å². The Morgan fingerprint density at radius 3 is 2.77 bits per heavy atom. The van der Waals surface area contributed by atoms with Crippen molar-refractivity contribution < 1.29 is 4.79 Å². The number of nitrogens with zero attached hydrogens (tertiary/aromatic N) is 2. The first kappa shape index (κ1) is 18.8. The number of aromatic nitrogens is 2. The van der Waals surface area contributed by atoms with Gasteiger partial charge in [0.05, 0.1) is 15.4 Å². The van der Waals surface area contributed by atoms with Gasteiger partial charge in [0.2, 0.25) is 0 Å². The summed E-state index contributed by atoms with van der Waals surface area (Å²) in [5.41, 5.74) is 8.08. The summed E-state index contributed by atoms with van der Waals surface area (Å²) in [6, 6.07) is 14.0. The third kappa shape index (κ3) is 4.41. The van der Waals surface area contributed by atoms with Crippen LogP contribution in [0.1, 0.15) is 21.7 Å². The van der Waals surface area contributed by atoms with Gasteiger partial charge in [-0.05, 0) is 46.5 Å². The van der Waals surface area contributed by atoms with Gasteiger partial charge in [0.1, 0.15) is 0 Å². The molecular formula is C19H21BrN4OS. The zero-order valence-corrected chi connectivity index (χ0v) is 16.9. The highest BCUT2D eigenvalue weighted by atomic mass is 79.9. The van der Waals surface area contributed by atoms with Crippen LogP contribution in [0.3, 0.4) is 0 Å². The van der Waals surface area contributed by atoms with Gasteiger partial charge in [-0.25, -0.2) is 0 Å². The summed E-state index contributed by atoms with van der Waals surface area (Å²) in [5, 5.41) is 7.25. The largest absolute Gasteiger partial charge is 0.347 e. The number of nitrogens with two attached hydrogens (primary N) is 1. The van der Waals surface area contributed by atoms with E-state index < -0.39 is 0 Å². The Bertz CT molecular complexity index is 875. The lowest BCUT2D eigenvalue weighted by Gasteiger charge is -2.16. The summed E-state index contributed by atoms with van der Waals surface area (Å²) in [6.45, 7) is 0.416. The maximum Gasteiger partial charge on any atom is 0.261 e. The third-order valence-corrected chi connectivity index (χ3v) is 6.25. The zero-order chi connectivity index (χ0) is 18.5. The number of hydrogen-bond donors (Lipinski definition) is 2. The highest BCUT2D eigenvalue weighted by Gasteiger charge is 2.18. The predicted molar refractivity (Wildman–Crippen MR) is 109 cm³/mol. The summed E-state index contributed by atoms with van der Waals surface area (Å²) < 4.78 is 2.69. The monoisotopic (exact) mass is 432 g/mol. The average molecular weight is 433 g/mol. The molecule has 1 unspecified atom stereocenters. The molecule has 0 fully saturated rings. The van der Waals surface area contributed by atoms with E-state index >= 15 is 0 Å². The SMILES string of the molecule is Cn1nccc1-c1sc(C(=O)NC(CN)CCc2ccccc2)cc1Br. The van der Waals surface area contributed by atoms with Gasteiger partial charge in [-0.15, -0.1) is 11.3 Å². The van der Waals surface area contributed by atoms with Crippen molar-refractivity contribution in [2.24, 2.45) is 12.8 Å². The molecule has 1 amide bonds. The second-order valence-corrected chi connectivity index (χ2v) is 7.96. The number of hydrogen-bond acceptors (Lipinski definition) is 4. The average Bonchev–Trinajstić information content (AvgIpc) is 3.24. The fourth-order valence-corrected chi connectivity index (χ4v) is 4.58. The quantitative estimate of drug-likeness (QED) is 0.598. The van der Waals surface area contributed by atoms with Crippen molar-refractivity contribution in [2.45, 2.75) is 18.9 Å². The fraction of sp³-hybridized carbons (Fsp3) is 0.263. The minimum Gasteiger partial charge on any atom is -0.347 e. The number of amides is 1. The highest BCUT2D eigenvalue weighted by molar-refractivity contribution is 9.10. The van der Waals surface area contributed by atoms with Gasteiger partial charge in [0.15, 0.2) is 0 Å². The first-order valence-electron chi connectivity index (χ1n) is 8.41. The summed E-state index contributed by atoms with van der Waals surface area (Å²) in [7, 11) is 1.88. The minimum atomic E-state index is -0.0902. The zero-order valence-electron chi connectivity index (χ0n) is 14.5. The van der Waals surface area contributed by atoms with Gasteiger partial charge in [-0.3, -0.25) is 9.48 Å². The molecule has 3 aromatic rings. The predicted octanol–water partition coefficient (Wildman–Crippen LogP) is 3.60. The van der Waals surface area contributed by atoms with Gasteiger partial charge in [0, 0.05) is 30.3 Å². The molecule has 0 radical (unpaired) electrons. The Kier molecular flexibility index (Phi) is 6.24. The van der Waals surface area contributed by atoms with Crippen LogP contribution in [0.4, 0.5) is 0 Å². The van der Waals surface area contributed by atoms with E-state index in [1.54, 1.807) is 10.9 Å². The standard InChI is InChI=1S/C19H21BrN4OS/c1-24-16(9-10-22-24)18-15(20)11-17(26-18)19(25)23-14(12-21)8-7-13-5-3-2-4-6-13/h2-6,9-11,14H,7-8,12,21H2,1H3,(H,23,25). The molecule has 2 aromatic heterocycles. The van der Waals surface area contributed by atoms with E-state index in [1.165, 1.54) is 16.9 Å². The molecule has 0 aliphatic carbocycles. The molecular weight excluding hydrogens is 412 g/mol. The molecule has 3 rings (SSSR count). The van der Waals surface area contributed by atoms with Crippen LogP contribution in [0.15, 0.2) is 53.1 Å². The Labute approximate surface area is 165 Å². The van der Waals surface area contributed by atoms with Gasteiger partial charge in [-0.1, -0.05) is 30.3 Å². The smallest absolute Gasteiger partial charge is 0.261 e. The normalized spacial score (nSPS) is 12.1. The van der Waals surface area contributed by atoms with E-state index in [-0.39, 0.29) is 11.9 Å². The molecule has 3 N–H and O–H groups in total. The molecule has 5 nitrogen and oxygen atoms in total.